The summed E-state index contributed by atoms with van der Waals surface area (Å²) in [7, 11) is -3.08. The Morgan fingerprint density at radius 2 is 1.94 bits per heavy atom. The number of carbonyl (C=O) groups excluding carboxylic acids is 1. The number of alkyl halides is 3. The first-order valence-electron chi connectivity index (χ1n) is 10.7. The topological polar surface area (TPSA) is 112 Å². The highest BCUT2D eigenvalue weighted by atomic mass is 32.2. The van der Waals surface area contributed by atoms with E-state index in [9.17, 15) is 26.4 Å². The number of hydrogen-bond donors (Lipinski definition) is 1. The SMILES string of the molecule is Cc1c(C(=O)NC2(C)CCS(=O)(=O)CC2)nc2ccc(Oc3ncccc3OCC(F)(F)F)cn12. The standard InChI is InChI=1S/C22H23F3N4O5S/c1-14-18(19(30)28-21(2)7-10-35(31,32)11-8-21)27-17-6-5-15(12-29(14)17)34-20-16(4-3-9-26-20)33-13-22(23,24)25/h3-6,9,12H,7-8,10-11,13H2,1-2H3,(H,28,30). The molecule has 0 atom stereocenters. The van der Waals surface area contributed by atoms with E-state index in [0.29, 0.717) is 24.2 Å². The number of hydrogen-bond acceptors (Lipinski definition) is 7. The first kappa shape index (κ1) is 24.8. The molecule has 0 saturated carbocycles. The van der Waals surface area contributed by atoms with E-state index in [0.717, 1.165) is 0 Å². The van der Waals surface area contributed by atoms with Crippen LogP contribution in [0, 0.1) is 6.92 Å². The highest BCUT2D eigenvalue weighted by Crippen LogP contribution is 2.31. The zero-order valence-electron chi connectivity index (χ0n) is 18.9. The van der Waals surface area contributed by atoms with Gasteiger partial charge in [0.15, 0.2) is 12.4 Å². The van der Waals surface area contributed by atoms with Crippen LogP contribution < -0.4 is 14.8 Å². The quantitative estimate of drug-likeness (QED) is 0.538. The number of nitrogens with one attached hydrogen (secondary N) is 1. The van der Waals surface area contributed by atoms with Gasteiger partial charge in [-0.25, -0.2) is 18.4 Å². The van der Waals surface area contributed by atoms with Gasteiger partial charge in [-0.3, -0.25) is 9.20 Å². The molecule has 1 saturated heterocycles. The monoisotopic (exact) mass is 512 g/mol. The Labute approximate surface area is 199 Å². The Hall–Kier alpha value is -3.35. The molecule has 0 radical (unpaired) electrons. The van der Waals surface area contributed by atoms with Crippen LogP contribution in [0.3, 0.4) is 0 Å². The number of aryl methyl sites for hydroxylation is 1. The summed E-state index contributed by atoms with van der Waals surface area (Å²) < 4.78 is 73.1. The molecule has 3 aromatic heterocycles. The van der Waals surface area contributed by atoms with Gasteiger partial charge in [-0.2, -0.15) is 13.2 Å². The molecule has 3 aromatic rings. The molecule has 0 aliphatic carbocycles. The van der Waals surface area contributed by atoms with Crippen molar-refractivity contribution in [2.45, 2.75) is 38.4 Å². The first-order valence-corrected chi connectivity index (χ1v) is 12.5. The normalized spacial score (nSPS) is 17.2. The molecular weight excluding hydrogens is 489 g/mol. The Morgan fingerprint density at radius 1 is 1.23 bits per heavy atom. The van der Waals surface area contributed by atoms with Crippen molar-refractivity contribution < 1.29 is 35.9 Å². The van der Waals surface area contributed by atoms with Crippen molar-refractivity contribution in [1.82, 2.24) is 19.7 Å². The van der Waals surface area contributed by atoms with Crippen molar-refractivity contribution in [3.8, 4) is 17.4 Å². The molecule has 4 heterocycles. The molecule has 1 fully saturated rings. The second-order valence-electron chi connectivity index (χ2n) is 8.62. The third kappa shape index (κ3) is 5.84. The third-order valence-electron chi connectivity index (χ3n) is 5.73. The van der Waals surface area contributed by atoms with Gasteiger partial charge >= 0.3 is 6.18 Å². The van der Waals surface area contributed by atoms with Gasteiger partial charge in [-0.05, 0) is 51.0 Å². The number of amides is 1. The Kier molecular flexibility index (Phi) is 6.38. The summed E-state index contributed by atoms with van der Waals surface area (Å²) in [6, 6.07) is 5.87. The van der Waals surface area contributed by atoms with Crippen LogP contribution in [0.4, 0.5) is 13.2 Å². The number of rotatable bonds is 6. The maximum Gasteiger partial charge on any atom is 0.422 e. The number of ether oxygens (including phenoxy) is 2. The average molecular weight is 513 g/mol. The van der Waals surface area contributed by atoms with E-state index in [-0.39, 0.29) is 34.6 Å². The first-order chi connectivity index (χ1) is 16.3. The Morgan fingerprint density at radius 3 is 2.63 bits per heavy atom. The van der Waals surface area contributed by atoms with Crippen molar-refractivity contribution in [3.05, 3.63) is 48.0 Å². The van der Waals surface area contributed by atoms with Crippen molar-refractivity contribution >= 4 is 21.4 Å². The van der Waals surface area contributed by atoms with Crippen molar-refractivity contribution in [1.29, 1.82) is 0 Å². The molecule has 1 N–H and O–H groups in total. The maximum atomic E-state index is 13.0. The summed E-state index contributed by atoms with van der Waals surface area (Å²) in [5.74, 6) is -0.483. The Balaban J connectivity index is 1.54. The molecule has 0 aromatic carbocycles. The highest BCUT2D eigenvalue weighted by molar-refractivity contribution is 7.91. The molecule has 35 heavy (non-hydrogen) atoms. The fourth-order valence-corrected chi connectivity index (χ4v) is 5.43. The lowest BCUT2D eigenvalue weighted by Crippen LogP contribution is -2.51. The number of nitrogens with zero attached hydrogens (tertiary/aromatic N) is 3. The Bertz CT molecular complexity index is 1360. The molecule has 4 rings (SSSR count). The zero-order chi connectivity index (χ0) is 25.4. The number of fused-ring (bicyclic) bond motifs is 1. The summed E-state index contributed by atoms with van der Waals surface area (Å²) in [6.07, 6.45) is -0.996. The minimum atomic E-state index is -4.51. The van der Waals surface area contributed by atoms with E-state index in [4.69, 9.17) is 9.47 Å². The molecule has 0 unspecified atom stereocenters. The summed E-state index contributed by atoms with van der Waals surface area (Å²) in [5, 5.41) is 2.91. The van der Waals surface area contributed by atoms with Crippen LogP contribution in [0.1, 0.15) is 35.9 Å². The van der Waals surface area contributed by atoms with Crippen LogP contribution in [0.25, 0.3) is 5.65 Å². The van der Waals surface area contributed by atoms with Gasteiger partial charge in [-0.1, -0.05) is 0 Å². The molecule has 0 bridgehead atoms. The average Bonchev–Trinajstić information content (AvgIpc) is 3.11. The largest absolute Gasteiger partial charge is 0.478 e. The van der Waals surface area contributed by atoms with Crippen molar-refractivity contribution in [3.63, 3.8) is 0 Å². The molecule has 0 spiro atoms. The smallest absolute Gasteiger partial charge is 0.422 e. The van der Waals surface area contributed by atoms with Crippen molar-refractivity contribution in [2.24, 2.45) is 0 Å². The molecular formula is C22H23F3N4O5S. The van der Waals surface area contributed by atoms with E-state index >= 15 is 0 Å². The van der Waals surface area contributed by atoms with Gasteiger partial charge in [0.2, 0.25) is 0 Å². The maximum absolute atomic E-state index is 13.0. The van der Waals surface area contributed by atoms with E-state index in [1.807, 2.05) is 6.92 Å². The van der Waals surface area contributed by atoms with Gasteiger partial charge in [-0.15, -0.1) is 0 Å². The third-order valence-corrected chi connectivity index (χ3v) is 7.38. The van der Waals surface area contributed by atoms with Gasteiger partial charge < -0.3 is 14.8 Å². The van der Waals surface area contributed by atoms with Crippen LogP contribution in [-0.4, -0.2) is 58.5 Å². The molecule has 1 aliphatic heterocycles. The van der Waals surface area contributed by atoms with Crippen LogP contribution in [-0.2, 0) is 9.84 Å². The lowest BCUT2D eigenvalue weighted by molar-refractivity contribution is -0.153. The van der Waals surface area contributed by atoms with E-state index in [1.54, 1.807) is 23.5 Å². The fourth-order valence-electron chi connectivity index (χ4n) is 3.70. The van der Waals surface area contributed by atoms with Crippen LogP contribution >= 0.6 is 0 Å². The van der Waals surface area contributed by atoms with E-state index in [1.165, 1.54) is 24.5 Å². The van der Waals surface area contributed by atoms with Gasteiger partial charge in [0.05, 0.1) is 23.4 Å². The molecule has 1 aliphatic rings. The minimum Gasteiger partial charge on any atom is -0.478 e. The summed E-state index contributed by atoms with van der Waals surface area (Å²) in [5.41, 5.74) is 0.462. The summed E-state index contributed by atoms with van der Waals surface area (Å²) >= 11 is 0. The van der Waals surface area contributed by atoms with Crippen molar-refractivity contribution in [2.75, 3.05) is 18.1 Å². The van der Waals surface area contributed by atoms with Gasteiger partial charge in [0.25, 0.3) is 11.8 Å². The lowest BCUT2D eigenvalue weighted by atomic mass is 9.94. The number of halogens is 3. The predicted molar refractivity (Wildman–Crippen MR) is 120 cm³/mol. The van der Waals surface area contributed by atoms with Gasteiger partial charge in [0, 0.05) is 11.7 Å². The van der Waals surface area contributed by atoms with E-state index < -0.39 is 34.1 Å². The van der Waals surface area contributed by atoms with Crippen LogP contribution in [0.5, 0.6) is 17.4 Å². The minimum absolute atomic E-state index is 0.0107. The summed E-state index contributed by atoms with van der Waals surface area (Å²) in [4.78, 5) is 21.3. The number of aromatic nitrogens is 3. The highest BCUT2D eigenvalue weighted by Gasteiger charge is 2.35. The number of sulfone groups is 1. The number of imidazole rings is 1. The number of pyridine rings is 2. The predicted octanol–water partition coefficient (Wildman–Crippen LogP) is 3.47. The van der Waals surface area contributed by atoms with E-state index in [2.05, 4.69) is 15.3 Å². The molecule has 9 nitrogen and oxygen atoms in total. The van der Waals surface area contributed by atoms with Crippen LogP contribution in [0.15, 0.2) is 36.7 Å². The molecule has 13 heteroatoms. The van der Waals surface area contributed by atoms with Gasteiger partial charge in [0.1, 0.15) is 26.9 Å². The summed E-state index contributed by atoms with van der Waals surface area (Å²) in [6.45, 7) is 2.00. The zero-order valence-corrected chi connectivity index (χ0v) is 19.7. The fraction of sp³-hybridized carbons (Fsp3) is 0.409. The number of carbonyl (C=O) groups is 1. The second kappa shape index (κ2) is 9.02. The molecule has 188 valence electrons. The van der Waals surface area contributed by atoms with Crippen LogP contribution in [0.2, 0.25) is 0 Å². The molecule has 1 amide bonds. The second-order valence-corrected chi connectivity index (χ2v) is 10.9. The lowest BCUT2D eigenvalue weighted by Gasteiger charge is -2.34.